The van der Waals surface area contributed by atoms with Crippen molar-refractivity contribution in [3.05, 3.63) is 0 Å². The minimum atomic E-state index is 0.929. The molecule has 0 aliphatic carbocycles. The zero-order chi connectivity index (χ0) is 9.23. The molecule has 0 radical (unpaired) electrons. The normalized spacial score (nSPS) is 13.2. The van der Waals surface area contributed by atoms with E-state index in [-0.39, 0.29) is 0 Å². The van der Waals surface area contributed by atoms with Crippen LogP contribution in [0.25, 0.3) is 0 Å². The highest BCUT2D eigenvalue weighted by atomic mass is 127. The maximum Gasteiger partial charge on any atom is 0.0110 e. The summed E-state index contributed by atoms with van der Waals surface area (Å²) in [6.07, 6.45) is 9.77. The number of rotatable bonds is 8. The van der Waals surface area contributed by atoms with Gasteiger partial charge in [0, 0.05) is 9.25 Å². The number of alkyl halides is 2. The van der Waals surface area contributed by atoms with Gasteiger partial charge in [-0.05, 0) is 19.3 Å². The van der Waals surface area contributed by atoms with E-state index in [1.807, 2.05) is 0 Å². The van der Waals surface area contributed by atoms with Crippen LogP contribution in [0.15, 0.2) is 0 Å². The van der Waals surface area contributed by atoms with Gasteiger partial charge in [0.2, 0.25) is 0 Å². The van der Waals surface area contributed by atoms with E-state index in [4.69, 9.17) is 0 Å². The van der Waals surface area contributed by atoms with Crippen molar-refractivity contribution in [1.82, 2.24) is 0 Å². The third-order valence-electron chi connectivity index (χ3n) is 2.02. The zero-order valence-corrected chi connectivity index (χ0v) is 11.7. The molecule has 1 atom stereocenters. The first kappa shape index (κ1) is 13.2. The maximum absolute atomic E-state index is 3.46. The fourth-order valence-electron chi connectivity index (χ4n) is 1.21. The van der Waals surface area contributed by atoms with Crippen LogP contribution in [0, 0.1) is 0 Å². The quantitative estimate of drug-likeness (QED) is 0.332. The molecule has 0 N–H and O–H groups in total. The molecular weight excluding hydrogens is 327 g/mol. The average molecular weight is 347 g/mol. The van der Waals surface area contributed by atoms with Crippen molar-refractivity contribution < 1.29 is 0 Å². The third-order valence-corrected chi connectivity index (χ3v) is 3.83. The Morgan fingerprint density at radius 3 is 2.33 bits per heavy atom. The smallest absolute Gasteiger partial charge is 0.0110 e. The predicted octanol–water partition coefficient (Wildman–Crippen LogP) is 4.94. The van der Waals surface area contributed by atoms with Crippen molar-refractivity contribution in [2.24, 2.45) is 0 Å². The Balaban J connectivity index is 3.02. The summed E-state index contributed by atoms with van der Waals surface area (Å²) in [7, 11) is 0. The van der Waals surface area contributed by atoms with Crippen molar-refractivity contribution in [2.75, 3.05) is 5.33 Å². The fraction of sp³-hybridized carbons (Fsp3) is 1.00. The Bertz CT molecular complexity index is 85.9. The molecule has 0 aliphatic rings. The van der Waals surface area contributed by atoms with E-state index in [9.17, 15) is 0 Å². The van der Waals surface area contributed by atoms with E-state index in [1.165, 1.54) is 50.3 Å². The molecule has 0 saturated carbocycles. The van der Waals surface area contributed by atoms with Gasteiger partial charge in [0.05, 0.1) is 0 Å². The Kier molecular flexibility index (Phi) is 11.3. The van der Waals surface area contributed by atoms with Crippen molar-refractivity contribution in [1.29, 1.82) is 0 Å². The molecule has 0 aromatic heterocycles. The van der Waals surface area contributed by atoms with Crippen LogP contribution in [0.5, 0.6) is 0 Å². The van der Waals surface area contributed by atoms with E-state index in [0.717, 1.165) is 3.92 Å². The Morgan fingerprint density at radius 1 is 1.08 bits per heavy atom. The molecule has 12 heavy (non-hydrogen) atoms. The molecule has 0 fully saturated rings. The first-order chi connectivity index (χ1) is 5.81. The van der Waals surface area contributed by atoms with Crippen LogP contribution in [-0.2, 0) is 0 Å². The van der Waals surface area contributed by atoms with Crippen LogP contribution in [0.4, 0.5) is 0 Å². The molecule has 0 heterocycles. The van der Waals surface area contributed by atoms with Gasteiger partial charge >= 0.3 is 0 Å². The summed E-state index contributed by atoms with van der Waals surface area (Å²) in [4.78, 5) is 0. The minimum Gasteiger partial charge on any atom is -0.0928 e. The second-order valence-corrected chi connectivity index (χ2v) is 5.83. The molecular formula is C10H20BrI. The Hall–Kier alpha value is 1.21. The first-order valence-electron chi connectivity index (χ1n) is 5.01. The lowest BCUT2D eigenvalue weighted by atomic mass is 10.1. The van der Waals surface area contributed by atoms with Gasteiger partial charge in [-0.1, -0.05) is 71.1 Å². The van der Waals surface area contributed by atoms with Crippen molar-refractivity contribution in [3.8, 4) is 0 Å². The molecule has 0 aromatic rings. The van der Waals surface area contributed by atoms with E-state index in [2.05, 4.69) is 45.4 Å². The fourth-order valence-corrected chi connectivity index (χ4v) is 2.48. The number of halogens is 2. The maximum atomic E-state index is 3.46. The SMILES string of the molecule is CCCCC(I)CCCCCBr. The summed E-state index contributed by atoms with van der Waals surface area (Å²) < 4.78 is 0.929. The van der Waals surface area contributed by atoms with Crippen molar-refractivity contribution in [3.63, 3.8) is 0 Å². The van der Waals surface area contributed by atoms with Gasteiger partial charge < -0.3 is 0 Å². The van der Waals surface area contributed by atoms with Gasteiger partial charge in [-0.15, -0.1) is 0 Å². The van der Waals surface area contributed by atoms with Gasteiger partial charge in [0.25, 0.3) is 0 Å². The number of unbranched alkanes of at least 4 members (excludes halogenated alkanes) is 3. The lowest BCUT2D eigenvalue weighted by Gasteiger charge is -2.07. The molecule has 0 aliphatic heterocycles. The van der Waals surface area contributed by atoms with Crippen LogP contribution < -0.4 is 0 Å². The molecule has 2 heteroatoms. The van der Waals surface area contributed by atoms with Crippen molar-refractivity contribution >= 4 is 38.5 Å². The highest BCUT2D eigenvalue weighted by Crippen LogP contribution is 2.17. The van der Waals surface area contributed by atoms with Gasteiger partial charge in [-0.2, -0.15) is 0 Å². The zero-order valence-electron chi connectivity index (χ0n) is 7.99. The summed E-state index contributed by atoms with van der Waals surface area (Å²) in [6, 6.07) is 0. The van der Waals surface area contributed by atoms with E-state index >= 15 is 0 Å². The van der Waals surface area contributed by atoms with E-state index in [1.54, 1.807) is 0 Å². The van der Waals surface area contributed by atoms with Crippen molar-refractivity contribution in [2.45, 2.75) is 55.8 Å². The molecule has 0 saturated heterocycles. The molecule has 0 amide bonds. The van der Waals surface area contributed by atoms with Crippen LogP contribution in [0.1, 0.15) is 51.9 Å². The third kappa shape index (κ3) is 9.30. The minimum absolute atomic E-state index is 0.929. The average Bonchev–Trinajstić information content (AvgIpc) is 2.09. The van der Waals surface area contributed by atoms with E-state index in [0.29, 0.717) is 0 Å². The molecule has 0 spiro atoms. The topological polar surface area (TPSA) is 0 Å². The first-order valence-corrected chi connectivity index (χ1v) is 7.38. The largest absolute Gasteiger partial charge is 0.0928 e. The van der Waals surface area contributed by atoms with Gasteiger partial charge in [0.15, 0.2) is 0 Å². The summed E-state index contributed by atoms with van der Waals surface area (Å²) in [5.41, 5.74) is 0. The predicted molar refractivity (Wildman–Crippen MR) is 69.6 cm³/mol. The standard InChI is InChI=1S/C10H20BrI/c1-2-3-7-10(12)8-5-4-6-9-11/h10H,2-9H2,1H3. The molecule has 0 rings (SSSR count). The molecule has 0 nitrogen and oxygen atoms in total. The highest BCUT2D eigenvalue weighted by Gasteiger charge is 2.01. The summed E-state index contributed by atoms with van der Waals surface area (Å²) >= 11 is 6.06. The molecule has 1 unspecified atom stereocenters. The van der Waals surface area contributed by atoms with Gasteiger partial charge in [0.1, 0.15) is 0 Å². The summed E-state index contributed by atoms with van der Waals surface area (Å²) in [5, 5.41) is 1.17. The Labute approximate surface area is 99.2 Å². The molecule has 0 aromatic carbocycles. The van der Waals surface area contributed by atoms with Gasteiger partial charge in [-0.25, -0.2) is 0 Å². The molecule has 74 valence electrons. The van der Waals surface area contributed by atoms with Crippen LogP contribution >= 0.6 is 38.5 Å². The number of hydrogen-bond donors (Lipinski definition) is 0. The van der Waals surface area contributed by atoms with Crippen LogP contribution in [0.3, 0.4) is 0 Å². The number of hydrogen-bond acceptors (Lipinski definition) is 0. The lowest BCUT2D eigenvalue weighted by Crippen LogP contribution is -1.97. The second-order valence-electron chi connectivity index (χ2n) is 3.28. The lowest BCUT2D eigenvalue weighted by molar-refractivity contribution is 0.612. The van der Waals surface area contributed by atoms with E-state index < -0.39 is 0 Å². The highest BCUT2D eigenvalue weighted by molar-refractivity contribution is 14.1. The van der Waals surface area contributed by atoms with Gasteiger partial charge in [-0.3, -0.25) is 0 Å². The summed E-state index contributed by atoms with van der Waals surface area (Å²) in [5.74, 6) is 0. The molecule has 0 bridgehead atoms. The monoisotopic (exact) mass is 346 g/mol. The van der Waals surface area contributed by atoms with Crippen LogP contribution in [0.2, 0.25) is 0 Å². The van der Waals surface area contributed by atoms with Crippen LogP contribution in [-0.4, -0.2) is 9.25 Å². The Morgan fingerprint density at radius 2 is 1.75 bits per heavy atom. The second kappa shape index (κ2) is 10.3. The summed E-state index contributed by atoms with van der Waals surface area (Å²) in [6.45, 7) is 2.27.